The summed E-state index contributed by atoms with van der Waals surface area (Å²) in [7, 11) is 0. The van der Waals surface area contributed by atoms with E-state index in [0.717, 1.165) is 5.56 Å². The van der Waals surface area contributed by atoms with Crippen LogP contribution in [0.25, 0.3) is 0 Å². The van der Waals surface area contributed by atoms with Gasteiger partial charge in [0.05, 0.1) is 5.69 Å². The molecule has 4 heteroatoms. The van der Waals surface area contributed by atoms with Gasteiger partial charge in [0.25, 0.3) is 0 Å². The van der Waals surface area contributed by atoms with Crippen LogP contribution in [0.15, 0.2) is 78.9 Å². The number of amides is 1. The first kappa shape index (κ1) is 17.5. The van der Waals surface area contributed by atoms with Crippen LogP contribution in [0.5, 0.6) is 0 Å². The second-order valence-corrected chi connectivity index (χ2v) is 5.92. The lowest BCUT2D eigenvalue weighted by molar-refractivity contribution is -0.116. The number of aryl methyl sites for hydroxylation is 1. The lowest BCUT2D eigenvalue weighted by Gasteiger charge is -2.10. The van der Waals surface area contributed by atoms with Gasteiger partial charge in [-0.1, -0.05) is 54.6 Å². The van der Waals surface area contributed by atoms with E-state index in [2.05, 4.69) is 5.32 Å². The van der Waals surface area contributed by atoms with E-state index < -0.39 is 0 Å². The summed E-state index contributed by atoms with van der Waals surface area (Å²) in [5, 5.41) is 2.81. The van der Waals surface area contributed by atoms with E-state index >= 15 is 0 Å². The average molecular weight is 347 g/mol. The third kappa shape index (κ3) is 4.42. The molecule has 0 fully saturated rings. The fraction of sp³-hybridized carbons (Fsp3) is 0.0909. The van der Waals surface area contributed by atoms with Gasteiger partial charge >= 0.3 is 0 Å². The van der Waals surface area contributed by atoms with Gasteiger partial charge in [0.2, 0.25) is 5.91 Å². The Morgan fingerprint density at radius 1 is 0.808 bits per heavy atom. The second kappa shape index (κ2) is 8.21. The summed E-state index contributed by atoms with van der Waals surface area (Å²) in [6.45, 7) is 0. The topological polar surface area (TPSA) is 46.2 Å². The predicted molar refractivity (Wildman–Crippen MR) is 99.7 cm³/mol. The monoisotopic (exact) mass is 347 g/mol. The zero-order chi connectivity index (χ0) is 18.4. The summed E-state index contributed by atoms with van der Waals surface area (Å²) in [5.74, 6) is -0.630. The van der Waals surface area contributed by atoms with Gasteiger partial charge in [-0.2, -0.15) is 0 Å². The number of benzene rings is 3. The van der Waals surface area contributed by atoms with Crippen molar-refractivity contribution >= 4 is 17.4 Å². The van der Waals surface area contributed by atoms with E-state index in [0.29, 0.717) is 23.2 Å². The molecule has 0 aromatic heterocycles. The molecule has 0 saturated heterocycles. The molecule has 3 aromatic carbocycles. The van der Waals surface area contributed by atoms with Crippen molar-refractivity contribution in [3.8, 4) is 0 Å². The van der Waals surface area contributed by atoms with Crippen LogP contribution in [0.2, 0.25) is 0 Å². The molecule has 130 valence electrons. The van der Waals surface area contributed by atoms with E-state index in [-0.39, 0.29) is 23.9 Å². The zero-order valence-corrected chi connectivity index (χ0v) is 14.1. The molecule has 0 saturated carbocycles. The highest BCUT2D eigenvalue weighted by Crippen LogP contribution is 2.20. The Bertz CT molecular complexity index is 905. The molecule has 3 rings (SSSR count). The number of nitrogens with one attached hydrogen (secondary N) is 1. The number of hydrogen-bond acceptors (Lipinski definition) is 2. The van der Waals surface area contributed by atoms with Crippen LogP contribution in [-0.2, 0) is 11.2 Å². The SMILES string of the molecule is O=C(CCc1ccc(F)cc1)Nc1ccccc1C(=O)c1ccccc1. The Hall–Kier alpha value is -3.27. The first-order valence-corrected chi connectivity index (χ1v) is 8.36. The Kier molecular flexibility index (Phi) is 5.54. The minimum atomic E-state index is -0.299. The largest absolute Gasteiger partial charge is 0.325 e. The minimum Gasteiger partial charge on any atom is -0.325 e. The van der Waals surface area contributed by atoms with Crippen LogP contribution < -0.4 is 5.32 Å². The molecule has 1 amide bonds. The lowest BCUT2D eigenvalue weighted by Crippen LogP contribution is -2.15. The smallest absolute Gasteiger partial charge is 0.224 e. The van der Waals surface area contributed by atoms with E-state index in [1.165, 1.54) is 12.1 Å². The molecular formula is C22H18FNO2. The summed E-state index contributed by atoms with van der Waals surface area (Å²) in [6, 6.07) is 22.0. The predicted octanol–water partition coefficient (Wildman–Crippen LogP) is 4.63. The van der Waals surface area contributed by atoms with Crippen molar-refractivity contribution in [2.45, 2.75) is 12.8 Å². The van der Waals surface area contributed by atoms with Crippen molar-refractivity contribution in [2.75, 3.05) is 5.32 Å². The van der Waals surface area contributed by atoms with Gasteiger partial charge in [-0.3, -0.25) is 9.59 Å². The number of para-hydroxylation sites is 1. The van der Waals surface area contributed by atoms with Gasteiger partial charge in [-0.05, 0) is 36.2 Å². The normalized spacial score (nSPS) is 10.3. The Balaban J connectivity index is 1.69. The van der Waals surface area contributed by atoms with E-state index in [4.69, 9.17) is 0 Å². The lowest BCUT2D eigenvalue weighted by atomic mass is 10.0. The molecule has 0 radical (unpaired) electrons. The summed E-state index contributed by atoms with van der Waals surface area (Å²) >= 11 is 0. The van der Waals surface area contributed by atoms with Crippen LogP contribution >= 0.6 is 0 Å². The molecule has 0 aliphatic rings. The number of ketones is 1. The maximum Gasteiger partial charge on any atom is 0.224 e. The Labute approximate surface area is 151 Å². The molecular weight excluding hydrogens is 329 g/mol. The molecule has 0 atom stereocenters. The summed E-state index contributed by atoms with van der Waals surface area (Å²) in [5.41, 5.74) is 2.40. The third-order valence-electron chi connectivity index (χ3n) is 4.04. The van der Waals surface area contributed by atoms with Gasteiger partial charge < -0.3 is 5.32 Å². The highest BCUT2D eigenvalue weighted by Gasteiger charge is 2.14. The van der Waals surface area contributed by atoms with Crippen molar-refractivity contribution in [1.29, 1.82) is 0 Å². The Morgan fingerprint density at radius 2 is 1.46 bits per heavy atom. The quantitative estimate of drug-likeness (QED) is 0.661. The number of hydrogen-bond donors (Lipinski definition) is 1. The van der Waals surface area contributed by atoms with Crippen LogP contribution in [-0.4, -0.2) is 11.7 Å². The van der Waals surface area contributed by atoms with Crippen LogP contribution in [0.1, 0.15) is 27.9 Å². The maximum atomic E-state index is 12.9. The minimum absolute atomic E-state index is 0.139. The molecule has 0 spiro atoms. The zero-order valence-electron chi connectivity index (χ0n) is 14.1. The van der Waals surface area contributed by atoms with Gasteiger partial charge in [0.1, 0.15) is 5.82 Å². The third-order valence-corrected chi connectivity index (χ3v) is 4.04. The van der Waals surface area contributed by atoms with Crippen LogP contribution in [0, 0.1) is 5.82 Å². The molecule has 1 N–H and O–H groups in total. The number of carbonyl (C=O) groups is 2. The van der Waals surface area contributed by atoms with E-state index in [9.17, 15) is 14.0 Å². The van der Waals surface area contributed by atoms with E-state index in [1.54, 1.807) is 60.7 Å². The number of halogens is 1. The molecule has 3 nitrogen and oxygen atoms in total. The van der Waals surface area contributed by atoms with Gasteiger partial charge in [-0.15, -0.1) is 0 Å². The van der Waals surface area contributed by atoms with Gasteiger partial charge in [0.15, 0.2) is 5.78 Å². The second-order valence-electron chi connectivity index (χ2n) is 5.92. The highest BCUT2D eigenvalue weighted by molar-refractivity contribution is 6.13. The molecule has 0 heterocycles. The van der Waals surface area contributed by atoms with Crippen molar-refractivity contribution in [2.24, 2.45) is 0 Å². The summed E-state index contributed by atoms with van der Waals surface area (Å²) in [6.07, 6.45) is 0.750. The Morgan fingerprint density at radius 3 is 2.19 bits per heavy atom. The van der Waals surface area contributed by atoms with Crippen LogP contribution in [0.4, 0.5) is 10.1 Å². The van der Waals surface area contributed by atoms with Crippen molar-refractivity contribution in [3.05, 3.63) is 101 Å². The molecule has 0 unspecified atom stereocenters. The fourth-order valence-electron chi connectivity index (χ4n) is 2.66. The molecule has 0 bridgehead atoms. The van der Waals surface area contributed by atoms with E-state index in [1.807, 2.05) is 6.07 Å². The summed E-state index contributed by atoms with van der Waals surface area (Å²) < 4.78 is 12.9. The maximum absolute atomic E-state index is 12.9. The molecule has 0 aliphatic heterocycles. The average Bonchev–Trinajstić information content (AvgIpc) is 2.68. The van der Waals surface area contributed by atoms with Crippen LogP contribution in [0.3, 0.4) is 0 Å². The summed E-state index contributed by atoms with van der Waals surface area (Å²) in [4.78, 5) is 24.9. The van der Waals surface area contributed by atoms with Gasteiger partial charge in [0, 0.05) is 17.5 Å². The van der Waals surface area contributed by atoms with Crippen molar-refractivity contribution in [3.63, 3.8) is 0 Å². The first-order valence-electron chi connectivity index (χ1n) is 8.36. The number of rotatable bonds is 6. The molecule has 26 heavy (non-hydrogen) atoms. The molecule has 3 aromatic rings. The van der Waals surface area contributed by atoms with Crippen molar-refractivity contribution in [1.82, 2.24) is 0 Å². The first-order chi connectivity index (χ1) is 12.6. The number of anilines is 1. The highest BCUT2D eigenvalue weighted by atomic mass is 19.1. The van der Waals surface area contributed by atoms with Crippen molar-refractivity contribution < 1.29 is 14.0 Å². The van der Waals surface area contributed by atoms with Gasteiger partial charge in [-0.25, -0.2) is 4.39 Å². The standard InChI is InChI=1S/C22H18FNO2/c23-18-13-10-16(11-14-18)12-15-21(25)24-20-9-5-4-8-19(20)22(26)17-6-2-1-3-7-17/h1-11,13-14H,12,15H2,(H,24,25). The number of carbonyl (C=O) groups excluding carboxylic acids is 2. The fourth-order valence-corrected chi connectivity index (χ4v) is 2.66. The molecule has 0 aliphatic carbocycles.